The van der Waals surface area contributed by atoms with Gasteiger partial charge in [-0.25, -0.2) is 0 Å². The Morgan fingerprint density at radius 2 is 1.93 bits per heavy atom. The average Bonchev–Trinajstić information content (AvgIpc) is 3.22. The molecule has 0 N–H and O–H groups in total. The molecule has 0 bridgehead atoms. The summed E-state index contributed by atoms with van der Waals surface area (Å²) in [7, 11) is 0. The summed E-state index contributed by atoms with van der Waals surface area (Å²) < 4.78 is 5.39. The lowest BCUT2D eigenvalue weighted by atomic mass is 9.98. The van der Waals surface area contributed by atoms with Crippen molar-refractivity contribution in [2.45, 2.75) is 38.1 Å². The fraction of sp³-hybridized carbons (Fsp3) is 0.318. The van der Waals surface area contributed by atoms with Gasteiger partial charge in [0, 0.05) is 18.8 Å². The molecular weight excluding hydrogens is 338 g/mol. The Labute approximate surface area is 159 Å². The van der Waals surface area contributed by atoms with E-state index in [1.807, 2.05) is 41.3 Å². The van der Waals surface area contributed by atoms with Crippen LogP contribution in [0, 0.1) is 0 Å². The Hall–Kier alpha value is -2.95. The maximum atomic E-state index is 13.0. The predicted molar refractivity (Wildman–Crippen MR) is 102 cm³/mol. The van der Waals surface area contributed by atoms with Crippen LogP contribution in [0.15, 0.2) is 65.3 Å². The molecule has 5 heteroatoms. The lowest BCUT2D eigenvalue weighted by Gasteiger charge is -2.34. The van der Waals surface area contributed by atoms with Gasteiger partial charge in [-0.05, 0) is 49.8 Å². The minimum atomic E-state index is -0.0937. The van der Waals surface area contributed by atoms with E-state index in [4.69, 9.17) is 4.52 Å². The number of carbonyl (C=O) groups is 1. The number of carbonyl (C=O) groups excluding carboxylic acids is 1. The summed E-state index contributed by atoms with van der Waals surface area (Å²) in [6, 6.07) is 17.9. The molecule has 4 rings (SSSR count). The number of likely N-dealkylation sites (tertiary alicyclic amines) is 1. The quantitative estimate of drug-likeness (QED) is 0.683. The predicted octanol–water partition coefficient (Wildman–Crippen LogP) is 4.22. The van der Waals surface area contributed by atoms with Crippen LogP contribution < -0.4 is 0 Å². The number of benzene rings is 1. The van der Waals surface area contributed by atoms with Gasteiger partial charge in [0.1, 0.15) is 0 Å². The molecule has 0 spiro atoms. The highest BCUT2D eigenvalue weighted by Gasteiger charge is 2.31. The Morgan fingerprint density at radius 1 is 1.07 bits per heavy atom. The number of aromatic nitrogens is 2. The van der Waals surface area contributed by atoms with Gasteiger partial charge in [-0.2, -0.15) is 0 Å². The standard InChI is InChI=1S/C22H23N3O2/c26-22(25-15-7-5-11-20(25)19-10-4-6-14-23-19)21-16-18(24-27-21)13-12-17-8-2-1-3-9-17/h1-4,6,8-10,14,16,20H,5,7,11-13,15H2/t20-/m1/s1. The molecule has 2 aromatic heterocycles. The Bertz CT molecular complexity index is 877. The number of hydrogen-bond acceptors (Lipinski definition) is 4. The van der Waals surface area contributed by atoms with Crippen molar-refractivity contribution in [3.8, 4) is 0 Å². The van der Waals surface area contributed by atoms with Gasteiger partial charge in [-0.1, -0.05) is 41.6 Å². The van der Waals surface area contributed by atoms with Gasteiger partial charge in [0.05, 0.1) is 17.4 Å². The SMILES string of the molecule is O=C(c1cc(CCc2ccccc2)no1)N1CCCC[C@@H]1c1ccccn1. The van der Waals surface area contributed by atoms with Crippen molar-refractivity contribution in [2.75, 3.05) is 6.54 Å². The normalized spacial score (nSPS) is 17.0. The lowest BCUT2D eigenvalue weighted by molar-refractivity contribution is 0.0564. The maximum Gasteiger partial charge on any atom is 0.293 e. The monoisotopic (exact) mass is 361 g/mol. The van der Waals surface area contributed by atoms with Gasteiger partial charge >= 0.3 is 0 Å². The van der Waals surface area contributed by atoms with Gasteiger partial charge < -0.3 is 9.42 Å². The largest absolute Gasteiger partial charge is 0.351 e. The number of nitrogens with zero attached hydrogens (tertiary/aromatic N) is 3. The lowest BCUT2D eigenvalue weighted by Crippen LogP contribution is -2.38. The zero-order chi connectivity index (χ0) is 18.5. The van der Waals surface area contributed by atoms with E-state index < -0.39 is 0 Å². The zero-order valence-corrected chi connectivity index (χ0v) is 15.3. The van der Waals surface area contributed by atoms with Gasteiger partial charge in [-0.3, -0.25) is 9.78 Å². The van der Waals surface area contributed by atoms with Crippen molar-refractivity contribution in [1.82, 2.24) is 15.0 Å². The first-order chi connectivity index (χ1) is 13.3. The first kappa shape index (κ1) is 17.5. The van der Waals surface area contributed by atoms with E-state index in [0.717, 1.165) is 50.0 Å². The molecular formula is C22H23N3O2. The van der Waals surface area contributed by atoms with E-state index in [2.05, 4.69) is 22.3 Å². The van der Waals surface area contributed by atoms with Crippen LogP contribution >= 0.6 is 0 Å². The molecule has 0 aliphatic carbocycles. The topological polar surface area (TPSA) is 59.2 Å². The maximum absolute atomic E-state index is 13.0. The van der Waals surface area contributed by atoms with Crippen LogP contribution in [-0.4, -0.2) is 27.5 Å². The van der Waals surface area contributed by atoms with Gasteiger partial charge in [0.25, 0.3) is 5.91 Å². The number of piperidine rings is 1. The van der Waals surface area contributed by atoms with Crippen LogP contribution in [0.5, 0.6) is 0 Å². The minimum absolute atomic E-state index is 0.00492. The van der Waals surface area contributed by atoms with E-state index >= 15 is 0 Å². The van der Waals surface area contributed by atoms with Crippen LogP contribution in [0.4, 0.5) is 0 Å². The van der Waals surface area contributed by atoms with Crippen molar-refractivity contribution >= 4 is 5.91 Å². The van der Waals surface area contributed by atoms with Crippen LogP contribution in [0.2, 0.25) is 0 Å². The first-order valence-corrected chi connectivity index (χ1v) is 9.53. The van der Waals surface area contributed by atoms with Crippen LogP contribution in [0.1, 0.15) is 52.8 Å². The molecule has 1 atom stereocenters. The third-order valence-corrected chi connectivity index (χ3v) is 5.08. The molecule has 5 nitrogen and oxygen atoms in total. The Kier molecular flexibility index (Phi) is 5.28. The second kappa shape index (κ2) is 8.16. The fourth-order valence-electron chi connectivity index (χ4n) is 3.64. The molecule has 3 aromatic rings. The number of hydrogen-bond donors (Lipinski definition) is 0. The van der Waals surface area contributed by atoms with E-state index in [1.165, 1.54) is 5.56 Å². The van der Waals surface area contributed by atoms with Gasteiger partial charge in [-0.15, -0.1) is 0 Å². The van der Waals surface area contributed by atoms with Crippen molar-refractivity contribution in [3.05, 3.63) is 83.5 Å². The number of rotatable bonds is 5. The van der Waals surface area contributed by atoms with E-state index in [0.29, 0.717) is 5.76 Å². The number of aryl methyl sites for hydroxylation is 2. The minimum Gasteiger partial charge on any atom is -0.351 e. The summed E-state index contributed by atoms with van der Waals surface area (Å²) >= 11 is 0. The summed E-state index contributed by atoms with van der Waals surface area (Å²) in [5.41, 5.74) is 3.00. The van der Waals surface area contributed by atoms with Gasteiger partial charge in [0.2, 0.25) is 5.76 Å². The summed E-state index contributed by atoms with van der Waals surface area (Å²) in [4.78, 5) is 19.4. The van der Waals surface area contributed by atoms with Crippen molar-refractivity contribution in [2.24, 2.45) is 0 Å². The highest BCUT2D eigenvalue weighted by Crippen LogP contribution is 2.31. The van der Waals surface area contributed by atoms with Crippen molar-refractivity contribution in [3.63, 3.8) is 0 Å². The smallest absolute Gasteiger partial charge is 0.293 e. The average molecular weight is 361 g/mol. The summed E-state index contributed by atoms with van der Waals surface area (Å²) in [5.74, 6) is 0.227. The third kappa shape index (κ3) is 4.08. The van der Waals surface area contributed by atoms with E-state index in [-0.39, 0.29) is 11.9 Å². The molecule has 1 fully saturated rings. The Morgan fingerprint density at radius 3 is 2.74 bits per heavy atom. The molecule has 1 amide bonds. The third-order valence-electron chi connectivity index (χ3n) is 5.08. The van der Waals surface area contributed by atoms with Crippen molar-refractivity contribution < 1.29 is 9.32 Å². The second-order valence-electron chi connectivity index (χ2n) is 6.93. The zero-order valence-electron chi connectivity index (χ0n) is 15.3. The molecule has 138 valence electrons. The van der Waals surface area contributed by atoms with E-state index in [9.17, 15) is 4.79 Å². The summed E-state index contributed by atoms with van der Waals surface area (Å²) in [6.45, 7) is 0.722. The van der Waals surface area contributed by atoms with Crippen LogP contribution in [0.25, 0.3) is 0 Å². The fourth-order valence-corrected chi connectivity index (χ4v) is 3.64. The number of amides is 1. The van der Waals surface area contributed by atoms with Crippen LogP contribution in [0.3, 0.4) is 0 Å². The van der Waals surface area contributed by atoms with E-state index in [1.54, 1.807) is 12.3 Å². The highest BCUT2D eigenvalue weighted by atomic mass is 16.5. The molecule has 3 heterocycles. The molecule has 1 saturated heterocycles. The Balaban J connectivity index is 1.46. The molecule has 1 aliphatic heterocycles. The molecule has 1 aromatic carbocycles. The molecule has 0 radical (unpaired) electrons. The molecule has 27 heavy (non-hydrogen) atoms. The molecule has 0 unspecified atom stereocenters. The van der Waals surface area contributed by atoms with Gasteiger partial charge in [0.15, 0.2) is 0 Å². The summed E-state index contributed by atoms with van der Waals surface area (Å²) in [6.07, 6.45) is 6.44. The molecule has 0 saturated carbocycles. The van der Waals surface area contributed by atoms with Crippen molar-refractivity contribution in [1.29, 1.82) is 0 Å². The number of pyridine rings is 1. The van der Waals surface area contributed by atoms with Crippen LogP contribution in [-0.2, 0) is 12.8 Å². The first-order valence-electron chi connectivity index (χ1n) is 9.53. The summed E-state index contributed by atoms with van der Waals surface area (Å²) in [5, 5.41) is 4.11. The second-order valence-corrected chi connectivity index (χ2v) is 6.93. The highest BCUT2D eigenvalue weighted by molar-refractivity contribution is 5.91. The molecule has 1 aliphatic rings.